The Morgan fingerprint density at radius 1 is 1.08 bits per heavy atom. The van der Waals surface area contributed by atoms with E-state index < -0.39 is 29.6 Å². The lowest BCUT2D eigenvalue weighted by atomic mass is 10.0. The quantitative estimate of drug-likeness (QED) is 0.803. The molecule has 0 aliphatic carbocycles. The van der Waals surface area contributed by atoms with E-state index in [-0.39, 0.29) is 12.8 Å². The fraction of sp³-hybridized carbons (Fsp3) is 0.222. The predicted octanol–water partition coefficient (Wildman–Crippen LogP) is 3.11. The third-order valence-electron chi connectivity index (χ3n) is 3.65. The Balaban J connectivity index is 2.00. The molecule has 1 atom stereocenters. The van der Waals surface area contributed by atoms with E-state index in [4.69, 9.17) is 17.3 Å². The first-order chi connectivity index (χ1) is 12.1. The number of nitrogens with two attached hydrogens (primary N) is 1. The number of primary amides is 1. The average molecular weight is 385 g/mol. The lowest BCUT2D eigenvalue weighted by Crippen LogP contribution is -2.46. The van der Waals surface area contributed by atoms with E-state index in [1.54, 1.807) is 24.3 Å². The number of alkyl halides is 3. The van der Waals surface area contributed by atoms with E-state index in [1.165, 1.54) is 12.1 Å². The molecule has 2 rings (SSSR count). The zero-order valence-electron chi connectivity index (χ0n) is 13.5. The van der Waals surface area contributed by atoms with E-state index >= 15 is 0 Å². The second kappa shape index (κ2) is 8.23. The maximum Gasteiger partial charge on any atom is 0.416 e. The van der Waals surface area contributed by atoms with Crippen molar-refractivity contribution in [3.05, 3.63) is 70.2 Å². The third kappa shape index (κ3) is 5.77. The summed E-state index contributed by atoms with van der Waals surface area (Å²) in [6.07, 6.45) is -4.44. The third-order valence-corrected chi connectivity index (χ3v) is 3.89. The summed E-state index contributed by atoms with van der Waals surface area (Å²) in [4.78, 5) is 23.7. The number of hydrogen-bond donors (Lipinski definition) is 2. The molecule has 0 saturated carbocycles. The van der Waals surface area contributed by atoms with E-state index in [9.17, 15) is 22.8 Å². The highest BCUT2D eigenvalue weighted by Gasteiger charge is 2.30. The number of amides is 2. The Bertz CT molecular complexity index is 792. The fourth-order valence-electron chi connectivity index (χ4n) is 2.36. The van der Waals surface area contributed by atoms with Gasteiger partial charge in [0.2, 0.25) is 11.8 Å². The number of carbonyl (C=O) groups excluding carboxylic acids is 2. The van der Waals surface area contributed by atoms with Crippen molar-refractivity contribution in [3.63, 3.8) is 0 Å². The van der Waals surface area contributed by atoms with Crippen molar-refractivity contribution >= 4 is 23.4 Å². The van der Waals surface area contributed by atoms with Crippen LogP contribution in [0.3, 0.4) is 0 Å². The van der Waals surface area contributed by atoms with Crippen LogP contribution in [0.4, 0.5) is 13.2 Å². The van der Waals surface area contributed by atoms with Gasteiger partial charge in [-0.1, -0.05) is 35.9 Å². The molecular formula is C18H16ClF3N2O2. The molecule has 2 aromatic rings. The molecule has 0 aliphatic rings. The molecular weight excluding hydrogens is 369 g/mol. The smallest absolute Gasteiger partial charge is 0.368 e. The van der Waals surface area contributed by atoms with Crippen LogP contribution < -0.4 is 11.1 Å². The maximum atomic E-state index is 12.5. The lowest BCUT2D eigenvalue weighted by Gasteiger charge is -2.16. The predicted molar refractivity (Wildman–Crippen MR) is 91.4 cm³/mol. The summed E-state index contributed by atoms with van der Waals surface area (Å²) < 4.78 is 37.6. The normalized spacial score (nSPS) is 12.5. The van der Waals surface area contributed by atoms with Gasteiger partial charge in [0.15, 0.2) is 0 Å². The zero-order valence-corrected chi connectivity index (χ0v) is 14.3. The van der Waals surface area contributed by atoms with Crippen LogP contribution in [0.15, 0.2) is 48.5 Å². The number of nitrogens with one attached hydrogen (secondary N) is 1. The Kier molecular flexibility index (Phi) is 6.26. The van der Waals surface area contributed by atoms with Crippen LogP contribution in [0.1, 0.15) is 16.7 Å². The first kappa shape index (κ1) is 19.8. The standard InChI is InChI=1S/C18H16ClF3N2O2/c19-14-3-1-2-12(8-14)9-15(17(23)26)24-16(25)10-11-4-6-13(7-5-11)18(20,21)22/h1-8,15H,9-10H2,(H2,23,26)(H,24,25)/t15-/m1/s1. The number of carbonyl (C=O) groups is 2. The van der Waals surface area contributed by atoms with Gasteiger partial charge < -0.3 is 11.1 Å². The molecule has 0 fully saturated rings. The fourth-order valence-corrected chi connectivity index (χ4v) is 2.58. The summed E-state index contributed by atoms with van der Waals surface area (Å²) in [7, 11) is 0. The second-order valence-corrected chi connectivity index (χ2v) is 6.16. The highest BCUT2D eigenvalue weighted by molar-refractivity contribution is 6.30. The average Bonchev–Trinajstić information content (AvgIpc) is 2.53. The summed E-state index contributed by atoms with van der Waals surface area (Å²) in [5, 5.41) is 2.99. The molecule has 0 bridgehead atoms. The Hall–Kier alpha value is -2.54. The van der Waals surface area contributed by atoms with Crippen LogP contribution in [0.5, 0.6) is 0 Å². The topological polar surface area (TPSA) is 72.2 Å². The van der Waals surface area contributed by atoms with Crippen molar-refractivity contribution in [1.29, 1.82) is 0 Å². The van der Waals surface area contributed by atoms with Crippen molar-refractivity contribution in [3.8, 4) is 0 Å². The van der Waals surface area contributed by atoms with Gasteiger partial charge >= 0.3 is 6.18 Å². The molecule has 0 saturated heterocycles. The minimum atomic E-state index is -4.44. The molecule has 0 radical (unpaired) electrons. The largest absolute Gasteiger partial charge is 0.416 e. The first-order valence-corrected chi connectivity index (χ1v) is 8.02. The molecule has 0 unspecified atom stereocenters. The van der Waals surface area contributed by atoms with Crippen LogP contribution in [0.25, 0.3) is 0 Å². The Labute approximate surface area is 153 Å². The van der Waals surface area contributed by atoms with Crippen LogP contribution in [0, 0.1) is 0 Å². The minimum Gasteiger partial charge on any atom is -0.368 e. The van der Waals surface area contributed by atoms with Crippen molar-refractivity contribution in [2.45, 2.75) is 25.1 Å². The highest BCUT2D eigenvalue weighted by Crippen LogP contribution is 2.29. The van der Waals surface area contributed by atoms with E-state index in [0.717, 1.165) is 17.7 Å². The molecule has 0 spiro atoms. The molecule has 0 aromatic heterocycles. The summed E-state index contributed by atoms with van der Waals surface area (Å²) in [6.45, 7) is 0. The molecule has 138 valence electrons. The van der Waals surface area contributed by atoms with Crippen LogP contribution >= 0.6 is 11.6 Å². The van der Waals surface area contributed by atoms with E-state index in [1.807, 2.05) is 0 Å². The zero-order chi connectivity index (χ0) is 19.3. The molecule has 8 heteroatoms. The van der Waals surface area contributed by atoms with Gasteiger partial charge in [0.25, 0.3) is 0 Å². The van der Waals surface area contributed by atoms with Gasteiger partial charge in [-0.25, -0.2) is 0 Å². The van der Waals surface area contributed by atoms with Gasteiger partial charge in [-0.05, 0) is 35.4 Å². The molecule has 0 heterocycles. The van der Waals surface area contributed by atoms with Crippen molar-refractivity contribution in [2.75, 3.05) is 0 Å². The van der Waals surface area contributed by atoms with Crippen LogP contribution in [-0.2, 0) is 28.6 Å². The molecule has 4 nitrogen and oxygen atoms in total. The van der Waals surface area contributed by atoms with Gasteiger partial charge in [0, 0.05) is 11.4 Å². The summed E-state index contributed by atoms with van der Waals surface area (Å²) in [6, 6.07) is 10.1. The Morgan fingerprint density at radius 3 is 2.27 bits per heavy atom. The van der Waals surface area contributed by atoms with Crippen LogP contribution in [-0.4, -0.2) is 17.9 Å². The summed E-state index contributed by atoms with van der Waals surface area (Å²) in [5.74, 6) is -1.23. The van der Waals surface area contributed by atoms with Gasteiger partial charge in [-0.3, -0.25) is 9.59 Å². The van der Waals surface area contributed by atoms with Gasteiger partial charge in [-0.15, -0.1) is 0 Å². The molecule has 0 aliphatic heterocycles. The number of rotatable bonds is 6. The van der Waals surface area contributed by atoms with E-state index in [0.29, 0.717) is 10.6 Å². The van der Waals surface area contributed by atoms with Crippen molar-refractivity contribution in [1.82, 2.24) is 5.32 Å². The molecule has 2 aromatic carbocycles. The SMILES string of the molecule is NC(=O)[C@@H](Cc1cccc(Cl)c1)NC(=O)Cc1ccc(C(F)(F)F)cc1. The number of halogens is 4. The minimum absolute atomic E-state index is 0.161. The highest BCUT2D eigenvalue weighted by atomic mass is 35.5. The van der Waals surface area contributed by atoms with Gasteiger partial charge in [0.05, 0.1) is 12.0 Å². The summed E-state index contributed by atoms with van der Waals surface area (Å²) in [5.41, 5.74) is 5.64. The monoisotopic (exact) mass is 384 g/mol. The molecule has 3 N–H and O–H groups in total. The lowest BCUT2D eigenvalue weighted by molar-refractivity contribution is -0.137. The number of hydrogen-bond acceptors (Lipinski definition) is 2. The Morgan fingerprint density at radius 2 is 1.73 bits per heavy atom. The van der Waals surface area contributed by atoms with Crippen molar-refractivity contribution in [2.24, 2.45) is 5.73 Å². The first-order valence-electron chi connectivity index (χ1n) is 7.64. The van der Waals surface area contributed by atoms with Gasteiger partial charge in [0.1, 0.15) is 6.04 Å². The van der Waals surface area contributed by atoms with Crippen LogP contribution in [0.2, 0.25) is 5.02 Å². The van der Waals surface area contributed by atoms with Crippen molar-refractivity contribution < 1.29 is 22.8 Å². The molecule has 26 heavy (non-hydrogen) atoms. The maximum absolute atomic E-state index is 12.5. The number of benzene rings is 2. The van der Waals surface area contributed by atoms with E-state index in [2.05, 4.69) is 5.32 Å². The van der Waals surface area contributed by atoms with Gasteiger partial charge in [-0.2, -0.15) is 13.2 Å². The second-order valence-electron chi connectivity index (χ2n) is 5.73. The summed E-state index contributed by atoms with van der Waals surface area (Å²) >= 11 is 5.88. The molecule has 2 amide bonds.